The molecule has 0 atom stereocenters. The predicted octanol–water partition coefficient (Wildman–Crippen LogP) is 2.77. The van der Waals surface area contributed by atoms with Gasteiger partial charge in [0.2, 0.25) is 0 Å². The molecule has 0 amide bonds. The van der Waals surface area contributed by atoms with E-state index in [1.165, 1.54) is 11.8 Å². The molecule has 0 saturated carbocycles. The Kier molecular flexibility index (Phi) is 3.98. The summed E-state index contributed by atoms with van der Waals surface area (Å²) in [5, 5.41) is 16.0. The summed E-state index contributed by atoms with van der Waals surface area (Å²) in [6.07, 6.45) is 2.45. The Labute approximate surface area is 135 Å². The van der Waals surface area contributed by atoms with E-state index < -0.39 is 5.97 Å². The van der Waals surface area contributed by atoms with Crippen molar-refractivity contribution in [3.05, 3.63) is 71.4 Å². The van der Waals surface area contributed by atoms with E-state index in [1.807, 2.05) is 55.5 Å². The molecule has 0 spiro atoms. The Bertz CT molecular complexity index is 848. The third kappa shape index (κ3) is 2.88. The molecule has 0 aliphatic rings. The van der Waals surface area contributed by atoms with Crippen LogP contribution in [0.1, 0.15) is 28.4 Å². The number of carbonyl (C=O) groups is 1. The van der Waals surface area contributed by atoms with Gasteiger partial charge in [-0.15, -0.1) is 0 Å². The van der Waals surface area contributed by atoms with Gasteiger partial charge in [-0.2, -0.15) is 5.10 Å². The largest absolute Gasteiger partial charge is 0.545 e. The van der Waals surface area contributed by atoms with Gasteiger partial charge < -0.3 is 9.90 Å². The second-order valence-electron chi connectivity index (χ2n) is 5.46. The predicted molar refractivity (Wildman–Crippen MR) is 87.4 cm³/mol. The van der Waals surface area contributed by atoms with Crippen molar-refractivity contribution < 1.29 is 9.90 Å². The molecule has 0 N–H and O–H groups in total. The lowest BCUT2D eigenvalue weighted by atomic mass is 10.1. The normalized spacial score (nSPS) is 10.7. The molecule has 0 bridgehead atoms. The first-order chi connectivity index (χ1) is 11.1. The lowest BCUT2D eigenvalue weighted by Gasteiger charge is -2.05. The van der Waals surface area contributed by atoms with E-state index in [0.717, 1.165) is 23.2 Å². The van der Waals surface area contributed by atoms with Crippen LogP contribution in [0.15, 0.2) is 54.7 Å². The zero-order valence-corrected chi connectivity index (χ0v) is 13.1. The molecule has 3 aromatic rings. The average molecular weight is 305 g/mol. The van der Waals surface area contributed by atoms with Crippen LogP contribution in [0.3, 0.4) is 0 Å². The topological polar surface area (TPSA) is 58.0 Å². The molecule has 1 aromatic heterocycles. The Balaban J connectivity index is 2.13. The second-order valence-corrected chi connectivity index (χ2v) is 5.46. The summed E-state index contributed by atoms with van der Waals surface area (Å²) < 4.78 is 1.60. The number of rotatable bonds is 4. The molecule has 2 aromatic carbocycles. The number of hydrogen-bond acceptors (Lipinski definition) is 3. The number of aromatic nitrogens is 2. The van der Waals surface area contributed by atoms with E-state index in [2.05, 4.69) is 12.0 Å². The summed E-state index contributed by atoms with van der Waals surface area (Å²) in [5.41, 5.74) is 4.36. The van der Waals surface area contributed by atoms with Gasteiger partial charge in [0.15, 0.2) is 0 Å². The van der Waals surface area contributed by atoms with Crippen LogP contribution in [0.25, 0.3) is 16.9 Å². The summed E-state index contributed by atoms with van der Waals surface area (Å²) in [7, 11) is 0. The van der Waals surface area contributed by atoms with E-state index >= 15 is 0 Å². The van der Waals surface area contributed by atoms with E-state index in [0.29, 0.717) is 5.69 Å². The zero-order valence-electron chi connectivity index (χ0n) is 13.1. The van der Waals surface area contributed by atoms with Gasteiger partial charge in [0.1, 0.15) is 5.69 Å². The third-order valence-electron chi connectivity index (χ3n) is 3.93. The van der Waals surface area contributed by atoms with Crippen molar-refractivity contribution >= 4 is 5.97 Å². The van der Waals surface area contributed by atoms with Gasteiger partial charge in [0.25, 0.3) is 0 Å². The van der Waals surface area contributed by atoms with Crippen LogP contribution >= 0.6 is 0 Å². The zero-order chi connectivity index (χ0) is 16.4. The number of aromatic carboxylic acids is 1. The number of hydrogen-bond donors (Lipinski definition) is 0. The summed E-state index contributed by atoms with van der Waals surface area (Å²) in [5.74, 6) is -1.22. The highest BCUT2D eigenvalue weighted by Gasteiger charge is 2.14. The first kappa shape index (κ1) is 15.0. The minimum atomic E-state index is -1.22. The number of para-hydroxylation sites is 1. The molecule has 116 valence electrons. The number of carboxylic acids is 1. The van der Waals surface area contributed by atoms with Crippen LogP contribution in [-0.2, 0) is 6.42 Å². The highest BCUT2D eigenvalue weighted by Crippen LogP contribution is 2.24. The lowest BCUT2D eigenvalue weighted by Crippen LogP contribution is -2.22. The maximum absolute atomic E-state index is 11.5. The van der Waals surface area contributed by atoms with Crippen molar-refractivity contribution in [1.29, 1.82) is 0 Å². The SMILES string of the molecule is CCc1ccc(-c2nn(-c3ccccc3C)cc2C(=O)[O-])cc1. The Morgan fingerprint density at radius 1 is 1.13 bits per heavy atom. The van der Waals surface area contributed by atoms with Gasteiger partial charge in [0.05, 0.1) is 11.7 Å². The van der Waals surface area contributed by atoms with Crippen molar-refractivity contribution in [1.82, 2.24) is 9.78 Å². The Morgan fingerprint density at radius 3 is 2.43 bits per heavy atom. The average Bonchev–Trinajstić information content (AvgIpc) is 3.01. The minimum absolute atomic E-state index is 0.0949. The lowest BCUT2D eigenvalue weighted by molar-refractivity contribution is -0.254. The van der Waals surface area contributed by atoms with Crippen LogP contribution in [0.2, 0.25) is 0 Å². The molecular formula is C19H17N2O2-. The van der Waals surface area contributed by atoms with Crippen LogP contribution in [0.5, 0.6) is 0 Å². The van der Waals surface area contributed by atoms with Gasteiger partial charge in [-0.3, -0.25) is 0 Å². The fourth-order valence-electron chi connectivity index (χ4n) is 2.58. The van der Waals surface area contributed by atoms with Crippen molar-refractivity contribution in [2.24, 2.45) is 0 Å². The van der Waals surface area contributed by atoms with Crippen molar-refractivity contribution in [3.8, 4) is 16.9 Å². The smallest absolute Gasteiger partial charge is 0.102 e. The Hall–Kier alpha value is -2.88. The first-order valence-electron chi connectivity index (χ1n) is 7.56. The maximum atomic E-state index is 11.5. The van der Waals surface area contributed by atoms with Crippen LogP contribution < -0.4 is 5.11 Å². The highest BCUT2D eigenvalue weighted by molar-refractivity contribution is 5.93. The summed E-state index contributed by atoms with van der Waals surface area (Å²) in [6, 6.07) is 15.5. The third-order valence-corrected chi connectivity index (χ3v) is 3.93. The van der Waals surface area contributed by atoms with E-state index in [1.54, 1.807) is 4.68 Å². The standard InChI is InChI=1S/C19H18N2O2/c1-3-14-8-10-15(11-9-14)18-16(19(22)23)12-21(20-18)17-7-5-4-6-13(17)2/h4-12H,3H2,1-2H3,(H,22,23)/p-1. The molecule has 0 aliphatic carbocycles. The first-order valence-corrected chi connectivity index (χ1v) is 7.56. The second kappa shape index (κ2) is 6.08. The Morgan fingerprint density at radius 2 is 1.83 bits per heavy atom. The minimum Gasteiger partial charge on any atom is -0.545 e. The number of benzene rings is 2. The molecule has 0 radical (unpaired) electrons. The molecule has 1 heterocycles. The quantitative estimate of drug-likeness (QED) is 0.744. The van der Waals surface area contributed by atoms with Gasteiger partial charge in [0, 0.05) is 17.3 Å². The van der Waals surface area contributed by atoms with Gasteiger partial charge in [-0.05, 0) is 30.5 Å². The summed E-state index contributed by atoms with van der Waals surface area (Å²) in [6.45, 7) is 4.04. The number of carbonyl (C=O) groups excluding carboxylic acids is 1. The number of carboxylic acid groups (broad SMARTS) is 1. The van der Waals surface area contributed by atoms with Gasteiger partial charge in [-0.25, -0.2) is 4.68 Å². The number of aryl methyl sites for hydroxylation is 2. The fourth-order valence-corrected chi connectivity index (χ4v) is 2.58. The van der Waals surface area contributed by atoms with E-state index in [4.69, 9.17) is 0 Å². The molecule has 23 heavy (non-hydrogen) atoms. The molecule has 3 rings (SSSR count). The molecule has 0 unspecified atom stereocenters. The van der Waals surface area contributed by atoms with Crippen molar-refractivity contribution in [3.63, 3.8) is 0 Å². The molecule has 0 saturated heterocycles. The molecular weight excluding hydrogens is 288 g/mol. The van der Waals surface area contributed by atoms with Crippen molar-refractivity contribution in [2.75, 3.05) is 0 Å². The fraction of sp³-hybridized carbons (Fsp3) is 0.158. The van der Waals surface area contributed by atoms with Gasteiger partial charge in [-0.1, -0.05) is 49.4 Å². The van der Waals surface area contributed by atoms with Crippen LogP contribution in [0, 0.1) is 6.92 Å². The van der Waals surface area contributed by atoms with E-state index in [-0.39, 0.29) is 5.56 Å². The summed E-state index contributed by atoms with van der Waals surface area (Å²) in [4.78, 5) is 11.5. The highest BCUT2D eigenvalue weighted by atomic mass is 16.4. The number of nitrogens with zero attached hydrogens (tertiary/aromatic N) is 2. The van der Waals surface area contributed by atoms with Crippen LogP contribution in [-0.4, -0.2) is 15.7 Å². The summed E-state index contributed by atoms with van der Waals surface area (Å²) >= 11 is 0. The molecule has 4 nitrogen and oxygen atoms in total. The molecule has 0 fully saturated rings. The molecule has 0 aliphatic heterocycles. The monoisotopic (exact) mass is 305 g/mol. The maximum Gasteiger partial charge on any atom is 0.102 e. The van der Waals surface area contributed by atoms with Gasteiger partial charge >= 0.3 is 0 Å². The van der Waals surface area contributed by atoms with E-state index in [9.17, 15) is 9.90 Å². The van der Waals surface area contributed by atoms with Crippen LogP contribution in [0.4, 0.5) is 0 Å². The molecule has 4 heteroatoms. The van der Waals surface area contributed by atoms with Crippen molar-refractivity contribution in [2.45, 2.75) is 20.3 Å².